The fourth-order valence-corrected chi connectivity index (χ4v) is 2.13. The summed E-state index contributed by atoms with van der Waals surface area (Å²) < 4.78 is 9.76. The van der Waals surface area contributed by atoms with Gasteiger partial charge < -0.3 is 25.2 Å². The second-order valence-electron chi connectivity index (χ2n) is 7.02. The van der Waals surface area contributed by atoms with E-state index >= 15 is 0 Å². The van der Waals surface area contributed by atoms with E-state index in [1.54, 1.807) is 20.8 Å². The molecule has 0 aliphatic carbocycles. The third-order valence-electron chi connectivity index (χ3n) is 3.70. The van der Waals surface area contributed by atoms with Gasteiger partial charge in [-0.1, -0.05) is 20.3 Å². The summed E-state index contributed by atoms with van der Waals surface area (Å²) in [6.45, 7) is 9.97. The Kier molecular flexibility index (Phi) is 10.1. The Bertz CT molecular complexity index is 441. The number of esters is 1. The minimum absolute atomic E-state index is 0.00466. The van der Waals surface area contributed by atoms with E-state index in [1.165, 1.54) is 7.11 Å². The quantitative estimate of drug-likeness (QED) is 0.642. The molecule has 0 spiro atoms. The van der Waals surface area contributed by atoms with Crippen LogP contribution in [0.25, 0.3) is 0 Å². The Labute approximate surface area is 149 Å². The molecule has 0 unspecified atom stereocenters. The molecule has 0 aromatic heterocycles. The van der Waals surface area contributed by atoms with Crippen molar-refractivity contribution in [2.45, 2.75) is 71.6 Å². The molecule has 1 aliphatic rings. The first kappa shape index (κ1) is 23.2. The van der Waals surface area contributed by atoms with Crippen LogP contribution in [0.5, 0.6) is 0 Å². The van der Waals surface area contributed by atoms with Gasteiger partial charge in [0.2, 0.25) is 0 Å². The van der Waals surface area contributed by atoms with Crippen molar-refractivity contribution in [1.82, 2.24) is 10.6 Å². The number of ether oxygens (including phenoxy) is 2. The second-order valence-corrected chi connectivity index (χ2v) is 7.02. The zero-order chi connectivity index (χ0) is 19.6. The topological polar surface area (TPSA) is 114 Å². The van der Waals surface area contributed by atoms with Crippen molar-refractivity contribution in [2.24, 2.45) is 5.92 Å². The van der Waals surface area contributed by atoms with Crippen molar-refractivity contribution in [1.29, 1.82) is 0 Å². The van der Waals surface area contributed by atoms with Crippen molar-refractivity contribution in [3.8, 4) is 0 Å². The largest absolute Gasteiger partial charge is 0.480 e. The molecule has 0 saturated carbocycles. The SMILES string of the molecule is CC[C@H](C)[C@H](NC(=O)OC(C)(C)C)C(=O)OC.O=C(O)[C@@H]1CCCN1. The number of amides is 1. The predicted molar refractivity (Wildman–Crippen MR) is 93.3 cm³/mol. The fraction of sp³-hybridized carbons (Fsp3) is 0.824. The Morgan fingerprint density at radius 1 is 1.32 bits per heavy atom. The zero-order valence-corrected chi connectivity index (χ0v) is 16.0. The maximum Gasteiger partial charge on any atom is 0.408 e. The highest BCUT2D eigenvalue weighted by molar-refractivity contribution is 5.81. The van der Waals surface area contributed by atoms with Gasteiger partial charge in [-0.25, -0.2) is 9.59 Å². The Balaban J connectivity index is 0.000000593. The molecule has 1 aliphatic heterocycles. The monoisotopic (exact) mass is 360 g/mol. The lowest BCUT2D eigenvalue weighted by molar-refractivity contribution is -0.144. The molecule has 0 radical (unpaired) electrons. The Morgan fingerprint density at radius 2 is 1.92 bits per heavy atom. The summed E-state index contributed by atoms with van der Waals surface area (Å²) in [6, 6.07) is -0.935. The molecule has 0 aromatic carbocycles. The van der Waals surface area contributed by atoms with Gasteiger partial charge in [0.05, 0.1) is 7.11 Å². The average molecular weight is 360 g/mol. The van der Waals surface area contributed by atoms with Crippen LogP contribution in [-0.2, 0) is 19.1 Å². The summed E-state index contributed by atoms with van der Waals surface area (Å²) in [5, 5.41) is 13.7. The predicted octanol–water partition coefficient (Wildman–Crippen LogP) is 1.92. The van der Waals surface area contributed by atoms with Gasteiger partial charge in [0.1, 0.15) is 17.7 Å². The molecule has 0 bridgehead atoms. The molecule has 1 amide bonds. The Hall–Kier alpha value is -1.83. The lowest BCUT2D eigenvalue weighted by atomic mass is 9.99. The number of alkyl carbamates (subject to hydrolysis) is 1. The van der Waals surface area contributed by atoms with Gasteiger partial charge in [-0.3, -0.25) is 4.79 Å². The Morgan fingerprint density at radius 3 is 2.24 bits per heavy atom. The number of carboxylic acids is 1. The number of carbonyl (C=O) groups is 3. The van der Waals surface area contributed by atoms with E-state index in [2.05, 4.69) is 15.4 Å². The smallest absolute Gasteiger partial charge is 0.408 e. The van der Waals surface area contributed by atoms with Crippen LogP contribution in [0.4, 0.5) is 4.79 Å². The van der Waals surface area contributed by atoms with Crippen molar-refractivity contribution in [3.05, 3.63) is 0 Å². The summed E-state index contributed by atoms with van der Waals surface area (Å²) >= 11 is 0. The van der Waals surface area contributed by atoms with Crippen molar-refractivity contribution < 1.29 is 29.0 Å². The average Bonchev–Trinajstić information content (AvgIpc) is 3.04. The van der Waals surface area contributed by atoms with E-state index in [0.717, 1.165) is 25.8 Å². The summed E-state index contributed by atoms with van der Waals surface area (Å²) in [5.74, 6) is -1.18. The molecule has 1 fully saturated rings. The lowest BCUT2D eigenvalue weighted by Crippen LogP contribution is -2.47. The number of aliphatic carboxylic acids is 1. The van der Waals surface area contributed by atoms with Crippen molar-refractivity contribution >= 4 is 18.0 Å². The van der Waals surface area contributed by atoms with Crippen LogP contribution in [0.2, 0.25) is 0 Å². The minimum atomic E-state index is -0.720. The highest BCUT2D eigenvalue weighted by atomic mass is 16.6. The first-order chi connectivity index (χ1) is 11.5. The standard InChI is InChI=1S/C12H23NO4.C5H9NO2/c1-7-8(2)9(10(14)16-6)13-11(15)17-12(3,4)5;7-5(8)4-2-1-3-6-4/h8-9H,7H2,1-6H3,(H,13,15);4,6H,1-3H2,(H,7,8)/t8-,9-;4-/m00/s1. The highest BCUT2D eigenvalue weighted by Crippen LogP contribution is 2.12. The van der Waals surface area contributed by atoms with E-state index in [9.17, 15) is 14.4 Å². The second kappa shape index (κ2) is 10.9. The van der Waals surface area contributed by atoms with Gasteiger partial charge in [-0.15, -0.1) is 0 Å². The number of nitrogens with one attached hydrogen (secondary N) is 2. The van der Waals surface area contributed by atoms with Crippen LogP contribution in [0, 0.1) is 5.92 Å². The number of hydrogen-bond donors (Lipinski definition) is 3. The van der Waals surface area contributed by atoms with Crippen LogP contribution in [0.3, 0.4) is 0 Å². The minimum Gasteiger partial charge on any atom is -0.480 e. The third kappa shape index (κ3) is 9.91. The van der Waals surface area contributed by atoms with E-state index in [4.69, 9.17) is 9.84 Å². The van der Waals surface area contributed by atoms with Crippen molar-refractivity contribution in [3.63, 3.8) is 0 Å². The maximum atomic E-state index is 11.6. The molecule has 8 nitrogen and oxygen atoms in total. The summed E-state index contributed by atoms with van der Waals surface area (Å²) in [4.78, 5) is 33.2. The van der Waals surface area contributed by atoms with Crippen LogP contribution >= 0.6 is 0 Å². The molecule has 3 N–H and O–H groups in total. The van der Waals surface area contributed by atoms with Crippen LogP contribution in [0.15, 0.2) is 0 Å². The highest BCUT2D eigenvalue weighted by Gasteiger charge is 2.28. The number of rotatable bonds is 5. The van der Waals surface area contributed by atoms with Gasteiger partial charge in [0.25, 0.3) is 0 Å². The normalized spacial score (nSPS) is 19.0. The molecule has 1 saturated heterocycles. The fourth-order valence-electron chi connectivity index (χ4n) is 2.13. The van der Waals surface area contributed by atoms with Crippen molar-refractivity contribution in [2.75, 3.05) is 13.7 Å². The van der Waals surface area contributed by atoms with Gasteiger partial charge in [0, 0.05) is 0 Å². The van der Waals surface area contributed by atoms with Gasteiger partial charge >= 0.3 is 18.0 Å². The molecule has 146 valence electrons. The summed E-state index contributed by atoms with van der Waals surface area (Å²) in [6.07, 6.45) is 1.94. The van der Waals surface area contributed by atoms with E-state index in [-0.39, 0.29) is 12.0 Å². The number of methoxy groups -OCH3 is 1. The lowest BCUT2D eigenvalue weighted by Gasteiger charge is -2.25. The van der Waals surface area contributed by atoms with Crippen LogP contribution < -0.4 is 10.6 Å². The molecular formula is C17H32N2O6. The van der Waals surface area contributed by atoms with Gasteiger partial charge in [-0.05, 0) is 46.1 Å². The number of carbonyl (C=O) groups excluding carboxylic acids is 2. The first-order valence-electron chi connectivity index (χ1n) is 8.55. The molecule has 8 heteroatoms. The maximum absolute atomic E-state index is 11.6. The van der Waals surface area contributed by atoms with Gasteiger partial charge in [-0.2, -0.15) is 0 Å². The van der Waals surface area contributed by atoms with Crippen LogP contribution in [-0.4, -0.2) is 54.5 Å². The van der Waals surface area contributed by atoms with E-state index in [1.807, 2.05) is 13.8 Å². The zero-order valence-electron chi connectivity index (χ0n) is 16.0. The molecular weight excluding hydrogens is 328 g/mol. The summed E-state index contributed by atoms with van der Waals surface area (Å²) in [5.41, 5.74) is -0.583. The van der Waals surface area contributed by atoms with Crippen LogP contribution in [0.1, 0.15) is 53.9 Å². The number of hydrogen-bond acceptors (Lipinski definition) is 6. The molecule has 1 rings (SSSR count). The third-order valence-corrected chi connectivity index (χ3v) is 3.70. The first-order valence-corrected chi connectivity index (χ1v) is 8.55. The molecule has 25 heavy (non-hydrogen) atoms. The van der Waals surface area contributed by atoms with Gasteiger partial charge in [0.15, 0.2) is 0 Å². The summed E-state index contributed by atoms with van der Waals surface area (Å²) in [7, 11) is 1.30. The molecule has 1 heterocycles. The number of carboxylic acid groups (broad SMARTS) is 1. The van der Waals surface area contributed by atoms with E-state index < -0.39 is 29.7 Å². The molecule has 3 atom stereocenters. The van der Waals surface area contributed by atoms with E-state index in [0.29, 0.717) is 0 Å². The molecule has 0 aromatic rings.